The summed E-state index contributed by atoms with van der Waals surface area (Å²) in [5.74, 6) is -0.704. The summed E-state index contributed by atoms with van der Waals surface area (Å²) in [6, 6.07) is 17.1. The van der Waals surface area contributed by atoms with Crippen LogP contribution in [0, 0.1) is 10.6 Å². The molecule has 0 spiro atoms. The Kier molecular flexibility index (Phi) is 4.99. The Morgan fingerprint density at radius 3 is 2.19 bits per heavy atom. The summed E-state index contributed by atoms with van der Waals surface area (Å²) in [5, 5.41) is 2.74. The minimum atomic E-state index is -1.85. The van der Waals surface area contributed by atoms with Crippen LogP contribution >= 0.6 is 0 Å². The van der Waals surface area contributed by atoms with Gasteiger partial charge < -0.3 is 20.0 Å². The molecule has 132 valence electrons. The molecule has 0 saturated heterocycles. The molecule has 1 amide bonds. The standard InChI is InChI=1S/C19H15FN3O2S/c20-15-6-1-12(2-7-15)14-5-10-17(21)18(11-14)23-19(24)13-3-8-16(9-4-13)26(22)25/h1-11,22H,21H2,(H,23,24)/q-1. The molecule has 3 rings (SSSR count). The number of carbonyl (C=O) groups excluding carboxylic acids is 1. The van der Waals surface area contributed by atoms with Crippen molar-refractivity contribution in [2.75, 3.05) is 11.1 Å². The zero-order chi connectivity index (χ0) is 18.7. The van der Waals surface area contributed by atoms with Crippen LogP contribution in [0.3, 0.4) is 0 Å². The lowest BCUT2D eigenvalue weighted by molar-refractivity contribution is 0.102. The smallest absolute Gasteiger partial charge is 0.255 e. The van der Waals surface area contributed by atoms with Crippen LogP contribution in [0.25, 0.3) is 11.1 Å². The zero-order valence-corrected chi connectivity index (χ0v) is 14.3. The van der Waals surface area contributed by atoms with Crippen LogP contribution in [-0.4, -0.2) is 5.91 Å². The predicted molar refractivity (Wildman–Crippen MR) is 99.7 cm³/mol. The van der Waals surface area contributed by atoms with Gasteiger partial charge in [0.05, 0.1) is 11.4 Å². The molecule has 0 heterocycles. The second-order valence-corrected chi connectivity index (χ2v) is 6.57. The van der Waals surface area contributed by atoms with Crippen LogP contribution in [0.1, 0.15) is 10.4 Å². The molecule has 0 bridgehead atoms. The van der Waals surface area contributed by atoms with E-state index in [-0.39, 0.29) is 11.7 Å². The van der Waals surface area contributed by atoms with E-state index in [1.54, 1.807) is 30.3 Å². The number of amides is 1. The quantitative estimate of drug-likeness (QED) is 0.470. The van der Waals surface area contributed by atoms with Crippen molar-refractivity contribution < 1.29 is 13.4 Å². The number of nitrogen functional groups attached to an aromatic ring is 1. The van der Waals surface area contributed by atoms with Crippen molar-refractivity contribution in [3.8, 4) is 11.1 Å². The molecule has 5 nitrogen and oxygen atoms in total. The lowest BCUT2D eigenvalue weighted by Gasteiger charge is -2.11. The van der Waals surface area contributed by atoms with Crippen LogP contribution in [0.4, 0.5) is 15.8 Å². The number of anilines is 2. The van der Waals surface area contributed by atoms with Crippen LogP contribution in [0.2, 0.25) is 0 Å². The number of hydrogen-bond donors (Lipinski definition) is 3. The van der Waals surface area contributed by atoms with Crippen molar-refractivity contribution in [2.45, 2.75) is 4.90 Å². The number of hydrogen-bond acceptors (Lipinski definition) is 5. The van der Waals surface area contributed by atoms with Gasteiger partial charge in [-0.1, -0.05) is 42.5 Å². The molecule has 26 heavy (non-hydrogen) atoms. The molecule has 0 aliphatic rings. The Morgan fingerprint density at radius 2 is 1.58 bits per heavy atom. The number of carbonyl (C=O) groups is 1. The maximum atomic E-state index is 13.1. The Morgan fingerprint density at radius 1 is 0.962 bits per heavy atom. The summed E-state index contributed by atoms with van der Waals surface area (Å²) in [7, 11) is -1.85. The molecule has 0 saturated carbocycles. The van der Waals surface area contributed by atoms with Crippen LogP contribution < -0.4 is 11.1 Å². The van der Waals surface area contributed by atoms with Crippen molar-refractivity contribution in [1.82, 2.24) is 0 Å². The van der Waals surface area contributed by atoms with Crippen molar-refractivity contribution in [3.05, 3.63) is 78.1 Å². The lowest BCUT2D eigenvalue weighted by Crippen LogP contribution is -2.13. The third kappa shape index (κ3) is 3.89. The first-order chi connectivity index (χ1) is 12.4. The molecule has 0 fully saturated rings. The van der Waals surface area contributed by atoms with E-state index in [1.165, 1.54) is 36.4 Å². The number of nitrogens with two attached hydrogens (primary N) is 1. The maximum Gasteiger partial charge on any atom is 0.255 e. The van der Waals surface area contributed by atoms with Gasteiger partial charge >= 0.3 is 0 Å². The lowest BCUT2D eigenvalue weighted by atomic mass is 10.0. The second-order valence-electron chi connectivity index (χ2n) is 5.56. The van der Waals surface area contributed by atoms with E-state index in [9.17, 15) is 13.4 Å². The zero-order valence-electron chi connectivity index (χ0n) is 13.5. The van der Waals surface area contributed by atoms with Crippen molar-refractivity contribution in [2.24, 2.45) is 0 Å². The summed E-state index contributed by atoms with van der Waals surface area (Å²) in [6.07, 6.45) is 0. The van der Waals surface area contributed by atoms with Crippen molar-refractivity contribution in [1.29, 1.82) is 4.78 Å². The Balaban J connectivity index is 1.85. The van der Waals surface area contributed by atoms with E-state index in [0.717, 1.165) is 11.1 Å². The molecule has 4 N–H and O–H groups in total. The fourth-order valence-corrected chi connectivity index (χ4v) is 2.79. The average Bonchev–Trinajstić information content (AvgIpc) is 2.64. The number of nitrogens with one attached hydrogen (secondary N) is 2. The van der Waals surface area contributed by atoms with E-state index in [0.29, 0.717) is 21.8 Å². The van der Waals surface area contributed by atoms with Gasteiger partial charge in [0.2, 0.25) is 0 Å². The van der Waals surface area contributed by atoms with E-state index in [4.69, 9.17) is 10.5 Å². The highest BCUT2D eigenvalue weighted by atomic mass is 32.2. The van der Waals surface area contributed by atoms with Gasteiger partial charge in [-0.15, -0.1) is 4.90 Å². The first-order valence-electron chi connectivity index (χ1n) is 7.64. The van der Waals surface area contributed by atoms with Gasteiger partial charge in [-0.2, -0.15) is 10.6 Å². The molecule has 0 unspecified atom stereocenters. The number of halogens is 1. The molecule has 0 aliphatic heterocycles. The summed E-state index contributed by atoms with van der Waals surface area (Å²) >= 11 is 0. The maximum absolute atomic E-state index is 13.1. The third-order valence-corrected chi connectivity index (χ3v) is 4.51. The normalized spacial score (nSPS) is 10.7. The van der Waals surface area contributed by atoms with Gasteiger partial charge in [0.1, 0.15) is 5.82 Å². The molecule has 3 aromatic carbocycles. The predicted octanol–water partition coefficient (Wildman–Crippen LogP) is 4.41. The molecular formula is C19H15FN3O2S-. The highest BCUT2D eigenvalue weighted by molar-refractivity contribution is 7.73. The Labute approximate surface area is 151 Å². The summed E-state index contributed by atoms with van der Waals surface area (Å²) in [4.78, 5) is 12.7. The molecule has 3 aromatic rings. The molecule has 7 heteroatoms. The van der Waals surface area contributed by atoms with Crippen molar-refractivity contribution >= 4 is 27.9 Å². The monoisotopic (exact) mass is 368 g/mol. The fourth-order valence-electron chi connectivity index (χ4n) is 2.41. The largest absolute Gasteiger partial charge is 0.440 e. The minimum absolute atomic E-state index is 0.319. The first-order valence-corrected chi connectivity index (χ1v) is 8.79. The molecule has 0 aromatic heterocycles. The molecule has 0 radical (unpaired) electrons. The van der Waals surface area contributed by atoms with Crippen molar-refractivity contribution in [3.63, 3.8) is 0 Å². The topological polar surface area (TPSA) is 96.0 Å². The van der Waals surface area contributed by atoms with Gasteiger partial charge in [-0.3, -0.25) is 4.79 Å². The summed E-state index contributed by atoms with van der Waals surface area (Å²) in [5.41, 5.74) is 8.71. The molecular weight excluding hydrogens is 353 g/mol. The minimum Gasteiger partial charge on any atom is -0.440 e. The summed E-state index contributed by atoms with van der Waals surface area (Å²) in [6.45, 7) is 0. The van der Waals surface area contributed by atoms with E-state index in [1.807, 2.05) is 0 Å². The first kappa shape index (κ1) is 17.6. The van der Waals surface area contributed by atoms with Gasteiger partial charge in [0, 0.05) is 5.56 Å². The van der Waals surface area contributed by atoms with Gasteiger partial charge in [-0.25, -0.2) is 4.39 Å². The highest BCUT2D eigenvalue weighted by Gasteiger charge is 2.09. The number of benzene rings is 3. The van der Waals surface area contributed by atoms with Gasteiger partial charge in [-0.05, 0) is 35.4 Å². The molecule has 0 aliphatic carbocycles. The highest BCUT2D eigenvalue weighted by Crippen LogP contribution is 2.28. The van der Waals surface area contributed by atoms with E-state index in [2.05, 4.69) is 5.32 Å². The Hall–Kier alpha value is -3.19. The Bertz CT molecular complexity index is 1020. The fraction of sp³-hybridized carbons (Fsp3) is 0. The van der Waals surface area contributed by atoms with Crippen LogP contribution in [0.5, 0.6) is 0 Å². The molecule has 0 atom stereocenters. The number of rotatable bonds is 4. The third-order valence-electron chi connectivity index (χ3n) is 3.81. The van der Waals surface area contributed by atoms with Gasteiger partial charge in [0.25, 0.3) is 5.91 Å². The SMILES string of the molecule is N=[S-](=O)c1ccc(C(=O)Nc2cc(-c3ccc(F)cc3)ccc2N)cc1. The van der Waals surface area contributed by atoms with E-state index >= 15 is 0 Å². The van der Waals surface area contributed by atoms with Crippen LogP contribution in [0.15, 0.2) is 71.6 Å². The van der Waals surface area contributed by atoms with Gasteiger partial charge in [0.15, 0.2) is 0 Å². The second kappa shape index (κ2) is 7.37. The van der Waals surface area contributed by atoms with E-state index < -0.39 is 10.6 Å². The average molecular weight is 368 g/mol. The summed E-state index contributed by atoms with van der Waals surface area (Å²) < 4.78 is 31.3. The van der Waals surface area contributed by atoms with Crippen LogP contribution in [-0.2, 0) is 14.8 Å².